The molecular weight excluding hydrogens is 305 g/mol. The summed E-state index contributed by atoms with van der Waals surface area (Å²) in [7, 11) is 0. The molecule has 3 nitrogen and oxygen atoms in total. The molecule has 2 rings (SSSR count). The van der Waals surface area contributed by atoms with E-state index in [1.807, 2.05) is 12.3 Å². The monoisotopic (exact) mass is 321 g/mol. The van der Waals surface area contributed by atoms with Crippen LogP contribution < -0.4 is 0 Å². The summed E-state index contributed by atoms with van der Waals surface area (Å²) in [5.74, 6) is 0.636. The summed E-state index contributed by atoms with van der Waals surface area (Å²) in [4.78, 5) is 9.50. The van der Waals surface area contributed by atoms with Gasteiger partial charge in [-0.25, -0.2) is 4.98 Å². The van der Waals surface area contributed by atoms with E-state index in [2.05, 4.69) is 39.1 Å². The third-order valence-corrected chi connectivity index (χ3v) is 2.76. The summed E-state index contributed by atoms with van der Waals surface area (Å²) in [6.45, 7) is 2.59. The Bertz CT molecular complexity index is 420. The van der Waals surface area contributed by atoms with E-state index in [1.165, 1.54) is 5.56 Å². The summed E-state index contributed by atoms with van der Waals surface area (Å²) in [6.07, 6.45) is 3.63. The van der Waals surface area contributed by atoms with Gasteiger partial charge in [0.1, 0.15) is 0 Å². The molecule has 0 atom stereocenters. The molecule has 1 N–H and O–H groups in total. The van der Waals surface area contributed by atoms with Gasteiger partial charge in [-0.1, -0.05) is 30.3 Å². The van der Waals surface area contributed by atoms with Crippen molar-refractivity contribution in [2.75, 3.05) is 12.4 Å². The van der Waals surface area contributed by atoms with Gasteiger partial charge in [-0.2, -0.15) is 0 Å². The zero-order valence-electron chi connectivity index (χ0n) is 10.5. The maximum atomic E-state index is 5.83. The van der Waals surface area contributed by atoms with Crippen LogP contribution in [0.4, 0.5) is 0 Å². The lowest BCUT2D eigenvalue weighted by atomic mass is 10.2. The molecule has 106 valence electrons. The van der Waals surface area contributed by atoms with E-state index >= 15 is 0 Å². The van der Waals surface area contributed by atoms with E-state index in [9.17, 15) is 0 Å². The molecule has 1 aromatic heterocycles. The molecule has 0 aliphatic heterocycles. The first kappa shape index (κ1) is 18.3. The van der Waals surface area contributed by atoms with Crippen LogP contribution in [0.15, 0.2) is 42.9 Å². The van der Waals surface area contributed by atoms with Crippen LogP contribution in [0.1, 0.15) is 11.3 Å². The van der Waals surface area contributed by atoms with Crippen LogP contribution in [0.3, 0.4) is 0 Å². The van der Waals surface area contributed by atoms with Crippen molar-refractivity contribution in [3.8, 4) is 0 Å². The van der Waals surface area contributed by atoms with Crippen LogP contribution in [0, 0.1) is 0 Å². The fraction of sp³-hybridized carbons (Fsp3) is 0.308. The smallest absolute Gasteiger partial charge is 0.0923 e. The fourth-order valence-corrected chi connectivity index (χ4v) is 2.02. The first-order valence-corrected chi connectivity index (χ1v) is 6.22. The van der Waals surface area contributed by atoms with Gasteiger partial charge in [0, 0.05) is 31.7 Å². The molecule has 2 aromatic rings. The lowest BCUT2D eigenvalue weighted by molar-refractivity contribution is 0.270. The van der Waals surface area contributed by atoms with Crippen molar-refractivity contribution in [2.24, 2.45) is 0 Å². The number of benzene rings is 1. The lowest BCUT2D eigenvalue weighted by Crippen LogP contribution is -2.25. The molecule has 0 bridgehead atoms. The molecule has 0 radical (unpaired) electrons. The van der Waals surface area contributed by atoms with Gasteiger partial charge in [0.05, 0.1) is 12.0 Å². The van der Waals surface area contributed by atoms with Gasteiger partial charge in [0.25, 0.3) is 0 Å². The Hall–Kier alpha value is -0.740. The van der Waals surface area contributed by atoms with Crippen molar-refractivity contribution in [1.82, 2.24) is 14.9 Å². The van der Waals surface area contributed by atoms with E-state index in [1.54, 1.807) is 6.33 Å². The predicted octanol–water partition coefficient (Wildman–Crippen LogP) is 3.49. The number of rotatable bonds is 6. The van der Waals surface area contributed by atoms with Crippen molar-refractivity contribution >= 4 is 36.4 Å². The van der Waals surface area contributed by atoms with Gasteiger partial charge in [0.15, 0.2) is 0 Å². The topological polar surface area (TPSA) is 31.9 Å². The van der Waals surface area contributed by atoms with Gasteiger partial charge in [-0.05, 0) is 5.56 Å². The first-order chi connectivity index (χ1) is 8.38. The number of imidazole rings is 1. The van der Waals surface area contributed by atoms with Crippen LogP contribution in [0.2, 0.25) is 0 Å². The van der Waals surface area contributed by atoms with Gasteiger partial charge >= 0.3 is 0 Å². The molecule has 6 heteroatoms. The summed E-state index contributed by atoms with van der Waals surface area (Å²) in [5.41, 5.74) is 2.35. The van der Waals surface area contributed by atoms with Crippen molar-refractivity contribution in [2.45, 2.75) is 13.1 Å². The minimum absolute atomic E-state index is 0. The molecule has 0 spiro atoms. The number of aromatic amines is 1. The van der Waals surface area contributed by atoms with Gasteiger partial charge in [-0.3, -0.25) is 4.90 Å². The zero-order valence-corrected chi connectivity index (χ0v) is 12.8. The number of hydrogen-bond acceptors (Lipinski definition) is 2. The molecule has 0 amide bonds. The Balaban J connectivity index is 0.00000162. The van der Waals surface area contributed by atoms with E-state index in [-0.39, 0.29) is 24.8 Å². The number of nitrogens with one attached hydrogen (secondary N) is 1. The normalized spacial score (nSPS) is 9.79. The number of hydrogen-bond donors (Lipinski definition) is 1. The maximum Gasteiger partial charge on any atom is 0.0923 e. The lowest BCUT2D eigenvalue weighted by Gasteiger charge is -2.20. The molecule has 1 heterocycles. The fourth-order valence-electron chi connectivity index (χ4n) is 1.78. The molecule has 0 aliphatic rings. The second kappa shape index (κ2) is 10.1. The quantitative estimate of drug-likeness (QED) is 0.826. The minimum atomic E-state index is 0. The third-order valence-electron chi connectivity index (χ3n) is 2.59. The highest BCUT2D eigenvalue weighted by Crippen LogP contribution is 2.08. The van der Waals surface area contributed by atoms with Crippen molar-refractivity contribution in [1.29, 1.82) is 0 Å². The molecule has 0 saturated carbocycles. The summed E-state index contributed by atoms with van der Waals surface area (Å²) in [6, 6.07) is 10.4. The molecule has 19 heavy (non-hydrogen) atoms. The molecule has 0 unspecified atom stereocenters. The highest BCUT2D eigenvalue weighted by molar-refractivity contribution is 6.18. The third kappa shape index (κ3) is 6.30. The average molecular weight is 323 g/mol. The van der Waals surface area contributed by atoms with Gasteiger partial charge < -0.3 is 4.98 Å². The number of aromatic nitrogens is 2. The van der Waals surface area contributed by atoms with Crippen LogP contribution >= 0.6 is 36.4 Å². The Morgan fingerprint density at radius 1 is 1.11 bits per heavy atom. The largest absolute Gasteiger partial charge is 0.351 e. The maximum absolute atomic E-state index is 5.83. The Kier molecular flexibility index (Phi) is 9.70. The minimum Gasteiger partial charge on any atom is -0.351 e. The second-order valence-corrected chi connectivity index (χ2v) is 4.32. The van der Waals surface area contributed by atoms with E-state index in [0.29, 0.717) is 5.88 Å². The van der Waals surface area contributed by atoms with E-state index in [4.69, 9.17) is 11.6 Å². The number of halogens is 3. The molecule has 0 aliphatic carbocycles. The Morgan fingerprint density at radius 2 is 1.84 bits per heavy atom. The molecule has 0 saturated heterocycles. The summed E-state index contributed by atoms with van der Waals surface area (Å²) in [5, 5.41) is 0. The standard InChI is InChI=1S/C13H16ClN3.2ClH/c14-6-7-17(10-13-8-15-11-16-13)9-12-4-2-1-3-5-12;;/h1-5,8,11H,6-7,9-10H2,(H,15,16);2*1H. The summed E-state index contributed by atoms with van der Waals surface area (Å²) >= 11 is 5.83. The Labute approximate surface area is 131 Å². The average Bonchev–Trinajstić information content (AvgIpc) is 2.83. The van der Waals surface area contributed by atoms with E-state index in [0.717, 1.165) is 25.3 Å². The van der Waals surface area contributed by atoms with Gasteiger partial charge in [0.2, 0.25) is 0 Å². The van der Waals surface area contributed by atoms with Crippen molar-refractivity contribution in [3.63, 3.8) is 0 Å². The first-order valence-electron chi connectivity index (χ1n) is 5.68. The number of nitrogens with zero attached hydrogens (tertiary/aromatic N) is 2. The number of H-pyrrole nitrogens is 1. The van der Waals surface area contributed by atoms with Crippen LogP contribution in [0.5, 0.6) is 0 Å². The van der Waals surface area contributed by atoms with Crippen LogP contribution in [0.25, 0.3) is 0 Å². The summed E-state index contributed by atoms with van der Waals surface area (Å²) < 4.78 is 0. The highest BCUT2D eigenvalue weighted by Gasteiger charge is 2.07. The molecule has 0 fully saturated rings. The second-order valence-electron chi connectivity index (χ2n) is 3.95. The zero-order chi connectivity index (χ0) is 11.9. The van der Waals surface area contributed by atoms with Gasteiger partial charge in [-0.15, -0.1) is 36.4 Å². The number of alkyl halides is 1. The molecular formula is C13H18Cl3N3. The van der Waals surface area contributed by atoms with Crippen molar-refractivity contribution in [3.05, 3.63) is 54.1 Å². The van der Waals surface area contributed by atoms with Crippen LogP contribution in [-0.4, -0.2) is 27.3 Å². The Morgan fingerprint density at radius 3 is 2.42 bits per heavy atom. The van der Waals surface area contributed by atoms with Crippen molar-refractivity contribution < 1.29 is 0 Å². The SMILES string of the molecule is Cl.Cl.ClCCN(Cc1ccccc1)Cc1c[nH]cn1. The van der Waals surface area contributed by atoms with E-state index < -0.39 is 0 Å². The molecule has 1 aromatic carbocycles. The highest BCUT2D eigenvalue weighted by atomic mass is 35.5. The van der Waals surface area contributed by atoms with Crippen LogP contribution in [-0.2, 0) is 13.1 Å². The predicted molar refractivity (Wildman–Crippen MR) is 84.4 cm³/mol.